The first kappa shape index (κ1) is 18.7. The second kappa shape index (κ2) is 7.18. The average molecular weight is 410 g/mol. The van der Waals surface area contributed by atoms with Gasteiger partial charge in [0.25, 0.3) is 0 Å². The zero-order valence-electron chi connectivity index (χ0n) is 16.1. The molecule has 11 heteroatoms. The molecule has 4 aromatic rings. The van der Waals surface area contributed by atoms with Crippen LogP contribution in [0, 0.1) is 11.3 Å². The van der Waals surface area contributed by atoms with Crippen LogP contribution < -0.4 is 27.2 Å². The summed E-state index contributed by atoms with van der Waals surface area (Å²) in [5, 5.41) is 27.0. The molecule has 10 nitrogen and oxygen atoms in total. The van der Waals surface area contributed by atoms with Crippen molar-refractivity contribution in [3.05, 3.63) is 62.9 Å². The lowest BCUT2D eigenvalue weighted by Gasteiger charge is -2.10. The number of fused-ring (bicyclic) bond motifs is 1. The summed E-state index contributed by atoms with van der Waals surface area (Å²) >= 11 is 0. The minimum absolute atomic E-state index is 0.220. The number of aromatic hydroxyl groups is 1. The summed E-state index contributed by atoms with van der Waals surface area (Å²) in [7, 11) is 6.06. The number of nitrogens with one attached hydrogen (secondary N) is 3. The van der Waals surface area contributed by atoms with E-state index in [2.05, 4.69) is 31.4 Å². The molecule has 2 radical (unpaired) electrons. The highest BCUT2D eigenvalue weighted by atomic mass is 16.3. The molecule has 0 spiro atoms. The summed E-state index contributed by atoms with van der Waals surface area (Å²) in [6.45, 7) is 0. The highest BCUT2D eigenvalue weighted by Crippen LogP contribution is 2.22. The van der Waals surface area contributed by atoms with E-state index in [4.69, 9.17) is 18.1 Å². The van der Waals surface area contributed by atoms with E-state index in [1.807, 2.05) is 0 Å². The molecule has 1 fully saturated rings. The number of anilines is 2. The molecule has 4 N–H and O–H groups in total. The van der Waals surface area contributed by atoms with Crippen LogP contribution in [0.2, 0.25) is 0 Å². The van der Waals surface area contributed by atoms with Crippen molar-refractivity contribution in [2.45, 2.75) is 18.9 Å². The van der Waals surface area contributed by atoms with Crippen molar-refractivity contribution in [3.8, 4) is 11.9 Å². The van der Waals surface area contributed by atoms with Crippen molar-refractivity contribution in [2.24, 2.45) is 4.99 Å². The van der Waals surface area contributed by atoms with Gasteiger partial charge in [0.15, 0.2) is 11.1 Å². The molecule has 1 aliphatic rings. The van der Waals surface area contributed by atoms with E-state index in [-0.39, 0.29) is 17.6 Å². The van der Waals surface area contributed by atoms with Crippen LogP contribution in [0.15, 0.2) is 40.2 Å². The summed E-state index contributed by atoms with van der Waals surface area (Å²) in [6, 6.07) is 9.03. The lowest BCUT2D eigenvalue weighted by Crippen LogP contribution is -2.20. The zero-order valence-corrected chi connectivity index (χ0v) is 16.1. The molecule has 1 aliphatic carbocycles. The smallest absolute Gasteiger partial charge is 0.326 e. The Balaban J connectivity index is 1.66. The van der Waals surface area contributed by atoms with Gasteiger partial charge in [0.2, 0.25) is 5.88 Å². The highest BCUT2D eigenvalue weighted by molar-refractivity contribution is 6.36. The Morgan fingerprint density at radius 1 is 1.35 bits per heavy atom. The monoisotopic (exact) mass is 410 g/mol. The van der Waals surface area contributed by atoms with Crippen molar-refractivity contribution in [1.82, 2.24) is 24.6 Å². The van der Waals surface area contributed by atoms with Crippen LogP contribution in [0.3, 0.4) is 0 Å². The lowest BCUT2D eigenvalue weighted by atomic mass is 9.92. The predicted octanol–water partition coefficient (Wildman–Crippen LogP) is -0.529. The van der Waals surface area contributed by atoms with E-state index in [1.165, 1.54) is 0 Å². The standard InChI is InChI=1S/C20H15BN8O2/c21-13-5-10(8-22)1-4-14(13)25-16-7-17(24-12-2-3-12)29-18(27-16)11(9-23-29)6-15-19(30)28-20(31)26-15/h1,4-7,9,12,25,30H,2-3H2,(H2,26,28,31). The quantitative estimate of drug-likeness (QED) is 0.333. The van der Waals surface area contributed by atoms with Crippen LogP contribution in [-0.2, 0) is 0 Å². The molecule has 1 saturated carbocycles. The molecule has 1 aromatic carbocycles. The van der Waals surface area contributed by atoms with Gasteiger partial charge in [-0.05, 0) is 37.1 Å². The van der Waals surface area contributed by atoms with Gasteiger partial charge in [0.05, 0.1) is 23.9 Å². The van der Waals surface area contributed by atoms with E-state index in [0.717, 1.165) is 12.8 Å². The second-order valence-electron chi connectivity index (χ2n) is 7.22. The third-order valence-corrected chi connectivity index (χ3v) is 4.82. The summed E-state index contributed by atoms with van der Waals surface area (Å²) in [5.74, 6) is 0.220. The van der Waals surface area contributed by atoms with Gasteiger partial charge in [-0.25, -0.2) is 9.78 Å². The second-order valence-corrected chi connectivity index (χ2v) is 7.22. The van der Waals surface area contributed by atoms with Gasteiger partial charge in [-0.2, -0.15) is 14.9 Å². The van der Waals surface area contributed by atoms with Gasteiger partial charge in [-0.15, -0.1) is 0 Å². The molecule has 3 heterocycles. The molecule has 0 aliphatic heterocycles. The van der Waals surface area contributed by atoms with Crippen molar-refractivity contribution in [2.75, 3.05) is 5.32 Å². The number of nitriles is 1. The fourth-order valence-corrected chi connectivity index (χ4v) is 3.14. The number of hydrogen-bond acceptors (Lipinski definition) is 7. The van der Waals surface area contributed by atoms with Gasteiger partial charge in [-0.1, -0.05) is 5.46 Å². The van der Waals surface area contributed by atoms with E-state index >= 15 is 0 Å². The summed E-state index contributed by atoms with van der Waals surface area (Å²) in [5.41, 5.74) is 2.28. The number of imidazole rings is 1. The van der Waals surface area contributed by atoms with Crippen LogP contribution in [0.25, 0.3) is 11.7 Å². The molecule has 3 aromatic heterocycles. The van der Waals surface area contributed by atoms with Crippen molar-refractivity contribution >= 4 is 36.5 Å². The van der Waals surface area contributed by atoms with Gasteiger partial charge in [-0.3, -0.25) is 9.98 Å². The number of hydrogen-bond donors (Lipinski definition) is 4. The number of H-pyrrole nitrogens is 2. The maximum atomic E-state index is 11.4. The third kappa shape index (κ3) is 3.66. The van der Waals surface area contributed by atoms with Gasteiger partial charge < -0.3 is 15.4 Å². The van der Waals surface area contributed by atoms with Gasteiger partial charge >= 0.3 is 5.69 Å². The Morgan fingerprint density at radius 3 is 2.87 bits per heavy atom. The topological polar surface area (TPSA) is 147 Å². The zero-order chi connectivity index (χ0) is 21.5. The molecule has 150 valence electrons. The molecule has 5 rings (SSSR count). The maximum absolute atomic E-state index is 11.4. The lowest BCUT2D eigenvalue weighted by molar-refractivity contribution is 0.454. The first-order valence-corrected chi connectivity index (χ1v) is 9.52. The normalized spacial score (nSPS) is 14.8. The van der Waals surface area contributed by atoms with Gasteiger partial charge in [0.1, 0.15) is 19.4 Å². The predicted molar refractivity (Wildman–Crippen MR) is 113 cm³/mol. The first-order chi connectivity index (χ1) is 15.0. The summed E-state index contributed by atoms with van der Waals surface area (Å²) in [4.78, 5) is 25.6. The van der Waals surface area contributed by atoms with Crippen LogP contribution >= 0.6 is 0 Å². The molecule has 0 amide bonds. The SMILES string of the molecule is [B]c1cc(C#N)ccc1Nc1cc(=NC2CC2)n2ncc(=Cc3[nH]c(=O)[nH]c3O)c2n1. The summed E-state index contributed by atoms with van der Waals surface area (Å²) < 4.78 is 1.61. The van der Waals surface area contributed by atoms with Crippen molar-refractivity contribution < 1.29 is 5.11 Å². The minimum atomic E-state index is -0.517. The molecular weight excluding hydrogens is 395 g/mol. The summed E-state index contributed by atoms with van der Waals surface area (Å²) in [6.07, 6.45) is 5.20. The van der Waals surface area contributed by atoms with Crippen molar-refractivity contribution in [1.29, 1.82) is 5.26 Å². The average Bonchev–Trinajstić information content (AvgIpc) is 3.38. The number of nitrogens with zero attached hydrogens (tertiary/aromatic N) is 5. The number of rotatable bonds is 4. The van der Waals surface area contributed by atoms with E-state index < -0.39 is 5.69 Å². The van der Waals surface area contributed by atoms with E-state index in [1.54, 1.807) is 41.1 Å². The molecule has 0 atom stereocenters. The minimum Gasteiger partial charge on any atom is -0.493 e. The Hall–Kier alpha value is -4.33. The third-order valence-electron chi connectivity index (χ3n) is 4.82. The van der Waals surface area contributed by atoms with Gasteiger partial charge in [0, 0.05) is 17.0 Å². The van der Waals surface area contributed by atoms with Crippen LogP contribution in [0.4, 0.5) is 11.5 Å². The first-order valence-electron chi connectivity index (χ1n) is 9.52. The Labute approximate surface area is 176 Å². The van der Waals surface area contributed by atoms with Crippen LogP contribution in [0.1, 0.15) is 24.1 Å². The molecular formula is C20H15BN8O2. The maximum Gasteiger partial charge on any atom is 0.326 e. The Kier molecular flexibility index (Phi) is 4.33. The van der Waals surface area contributed by atoms with E-state index in [9.17, 15) is 9.90 Å². The Morgan fingerprint density at radius 2 is 2.19 bits per heavy atom. The molecule has 31 heavy (non-hydrogen) atoms. The largest absolute Gasteiger partial charge is 0.493 e. The van der Waals surface area contributed by atoms with Crippen LogP contribution in [0.5, 0.6) is 5.88 Å². The van der Waals surface area contributed by atoms with Crippen LogP contribution in [-0.4, -0.2) is 43.6 Å². The molecule has 0 bridgehead atoms. The molecule has 0 unspecified atom stereocenters. The number of benzene rings is 1. The molecule has 0 saturated heterocycles. The number of aromatic nitrogens is 5. The van der Waals surface area contributed by atoms with Crippen molar-refractivity contribution in [3.63, 3.8) is 0 Å². The highest BCUT2D eigenvalue weighted by Gasteiger charge is 2.20. The van der Waals surface area contributed by atoms with E-state index in [0.29, 0.717) is 38.9 Å². The fourth-order valence-electron chi connectivity index (χ4n) is 3.14. The fraction of sp³-hybridized carbons (Fsp3) is 0.150. The Bertz CT molecular complexity index is 1540. The number of aromatic amines is 2.